The Labute approximate surface area is 98.5 Å². The Bertz CT molecular complexity index is 517. The third kappa shape index (κ3) is 1.93. The summed E-state index contributed by atoms with van der Waals surface area (Å²) in [5.74, 6) is 1.02. The number of hydrogen-bond donors (Lipinski definition) is 1. The molecule has 1 unspecified atom stereocenters. The van der Waals surface area contributed by atoms with Gasteiger partial charge in [-0.3, -0.25) is 4.57 Å². The lowest BCUT2D eigenvalue weighted by Gasteiger charge is -2.10. The smallest absolute Gasteiger partial charge is 0.141 e. The first-order chi connectivity index (χ1) is 8.34. The van der Waals surface area contributed by atoms with Crippen LogP contribution in [0.15, 0.2) is 30.6 Å². The molecule has 1 aliphatic heterocycles. The zero-order valence-electron chi connectivity index (χ0n) is 9.31. The zero-order valence-corrected chi connectivity index (χ0v) is 9.31. The lowest BCUT2D eigenvalue weighted by atomic mass is 10.1. The molecule has 1 aromatic carbocycles. The number of aromatic nitrogens is 3. The van der Waals surface area contributed by atoms with Gasteiger partial charge in [0.15, 0.2) is 0 Å². The molecule has 1 fully saturated rings. The van der Waals surface area contributed by atoms with Crippen molar-refractivity contribution in [3.63, 3.8) is 0 Å². The van der Waals surface area contributed by atoms with Gasteiger partial charge in [-0.15, -0.1) is 10.2 Å². The van der Waals surface area contributed by atoms with Crippen molar-refractivity contribution >= 4 is 0 Å². The molecule has 1 saturated heterocycles. The van der Waals surface area contributed by atoms with E-state index in [0.29, 0.717) is 5.92 Å². The van der Waals surface area contributed by atoms with E-state index in [2.05, 4.69) is 15.5 Å². The lowest BCUT2D eigenvalue weighted by molar-refractivity contribution is 0.624. The van der Waals surface area contributed by atoms with Gasteiger partial charge in [-0.25, -0.2) is 4.39 Å². The van der Waals surface area contributed by atoms with Crippen LogP contribution in [0.4, 0.5) is 4.39 Å². The molecule has 2 aromatic rings. The Kier molecular flexibility index (Phi) is 2.60. The van der Waals surface area contributed by atoms with Crippen molar-refractivity contribution in [2.24, 2.45) is 0 Å². The quantitative estimate of drug-likeness (QED) is 0.853. The molecule has 0 radical (unpaired) electrons. The van der Waals surface area contributed by atoms with Gasteiger partial charge in [0, 0.05) is 12.5 Å². The summed E-state index contributed by atoms with van der Waals surface area (Å²) in [5.41, 5.74) is 0.775. The van der Waals surface area contributed by atoms with E-state index in [1.807, 2.05) is 10.6 Å². The van der Waals surface area contributed by atoms with Crippen LogP contribution >= 0.6 is 0 Å². The summed E-state index contributed by atoms with van der Waals surface area (Å²) in [4.78, 5) is 0. The molecule has 1 aliphatic rings. The fourth-order valence-electron chi connectivity index (χ4n) is 2.22. The van der Waals surface area contributed by atoms with Gasteiger partial charge in [0.2, 0.25) is 0 Å². The highest BCUT2D eigenvalue weighted by atomic mass is 19.1. The monoisotopic (exact) mass is 232 g/mol. The molecular formula is C12H13FN4. The van der Waals surface area contributed by atoms with Crippen LogP contribution in [-0.2, 0) is 0 Å². The average molecular weight is 232 g/mol. The summed E-state index contributed by atoms with van der Waals surface area (Å²) in [7, 11) is 0. The molecule has 5 heteroatoms. The molecular weight excluding hydrogens is 219 g/mol. The predicted molar refractivity (Wildman–Crippen MR) is 61.5 cm³/mol. The summed E-state index contributed by atoms with van der Waals surface area (Å²) in [6.45, 7) is 1.91. The first-order valence-corrected chi connectivity index (χ1v) is 5.71. The molecule has 0 spiro atoms. The van der Waals surface area contributed by atoms with Gasteiger partial charge < -0.3 is 5.32 Å². The van der Waals surface area contributed by atoms with E-state index in [1.165, 1.54) is 12.1 Å². The number of halogens is 1. The lowest BCUT2D eigenvalue weighted by Crippen LogP contribution is -2.11. The van der Waals surface area contributed by atoms with Crippen LogP contribution in [0.2, 0.25) is 0 Å². The predicted octanol–water partition coefficient (Wildman–Crippen LogP) is 1.48. The Hall–Kier alpha value is -1.75. The van der Waals surface area contributed by atoms with Gasteiger partial charge in [0.25, 0.3) is 0 Å². The van der Waals surface area contributed by atoms with E-state index in [4.69, 9.17) is 0 Å². The van der Waals surface area contributed by atoms with Crippen LogP contribution in [0, 0.1) is 5.82 Å². The summed E-state index contributed by atoms with van der Waals surface area (Å²) in [6.07, 6.45) is 2.69. The maximum atomic E-state index is 13.2. The van der Waals surface area contributed by atoms with Gasteiger partial charge in [-0.1, -0.05) is 6.07 Å². The largest absolute Gasteiger partial charge is 0.316 e. The minimum atomic E-state index is -0.244. The zero-order chi connectivity index (χ0) is 11.7. The highest BCUT2D eigenvalue weighted by Crippen LogP contribution is 2.22. The second kappa shape index (κ2) is 4.25. The second-order valence-corrected chi connectivity index (χ2v) is 4.23. The van der Waals surface area contributed by atoms with Crippen molar-refractivity contribution in [1.82, 2.24) is 20.1 Å². The summed E-state index contributed by atoms with van der Waals surface area (Å²) >= 11 is 0. The van der Waals surface area contributed by atoms with E-state index in [1.54, 1.807) is 12.4 Å². The molecule has 2 heterocycles. The third-order valence-corrected chi connectivity index (χ3v) is 3.09. The Balaban J connectivity index is 2.00. The maximum Gasteiger partial charge on any atom is 0.141 e. The van der Waals surface area contributed by atoms with Gasteiger partial charge in [-0.05, 0) is 31.2 Å². The van der Waals surface area contributed by atoms with Crippen molar-refractivity contribution in [3.8, 4) is 5.69 Å². The highest BCUT2D eigenvalue weighted by Gasteiger charge is 2.22. The molecule has 4 nitrogen and oxygen atoms in total. The van der Waals surface area contributed by atoms with Crippen molar-refractivity contribution in [2.75, 3.05) is 13.1 Å². The third-order valence-electron chi connectivity index (χ3n) is 3.09. The molecule has 0 amide bonds. The molecule has 88 valence electrons. The molecule has 3 rings (SSSR count). The Morgan fingerprint density at radius 3 is 3.12 bits per heavy atom. The molecule has 0 bridgehead atoms. The first-order valence-electron chi connectivity index (χ1n) is 5.71. The van der Waals surface area contributed by atoms with Crippen LogP contribution in [0.3, 0.4) is 0 Å². The summed E-state index contributed by atoms with van der Waals surface area (Å²) in [6, 6.07) is 6.49. The van der Waals surface area contributed by atoms with Crippen molar-refractivity contribution < 1.29 is 4.39 Å². The number of nitrogens with one attached hydrogen (secondary N) is 1. The first kappa shape index (κ1) is 10.4. The Morgan fingerprint density at radius 1 is 1.41 bits per heavy atom. The fraction of sp³-hybridized carbons (Fsp3) is 0.333. The number of nitrogens with zero attached hydrogens (tertiary/aromatic N) is 3. The van der Waals surface area contributed by atoms with Crippen LogP contribution in [0.25, 0.3) is 5.69 Å². The van der Waals surface area contributed by atoms with Gasteiger partial charge >= 0.3 is 0 Å². The fourth-order valence-corrected chi connectivity index (χ4v) is 2.22. The highest BCUT2D eigenvalue weighted by molar-refractivity contribution is 5.33. The normalized spacial score (nSPS) is 19.7. The molecule has 0 saturated carbocycles. The number of benzene rings is 1. The number of rotatable bonds is 2. The van der Waals surface area contributed by atoms with E-state index >= 15 is 0 Å². The maximum absolute atomic E-state index is 13.2. The molecule has 0 aliphatic carbocycles. The minimum absolute atomic E-state index is 0.244. The van der Waals surface area contributed by atoms with Crippen LogP contribution < -0.4 is 5.32 Å². The SMILES string of the molecule is Fc1cccc(-n2cnnc2C2CCNC2)c1. The van der Waals surface area contributed by atoms with Gasteiger partial charge in [0.1, 0.15) is 18.0 Å². The molecule has 1 aromatic heterocycles. The van der Waals surface area contributed by atoms with E-state index in [-0.39, 0.29) is 5.82 Å². The summed E-state index contributed by atoms with van der Waals surface area (Å²) < 4.78 is 15.1. The standard InChI is InChI=1S/C12H13FN4/c13-10-2-1-3-11(6-10)17-8-15-16-12(17)9-4-5-14-7-9/h1-3,6,8-9,14H,4-5,7H2. The molecule has 17 heavy (non-hydrogen) atoms. The van der Waals surface area contributed by atoms with E-state index in [9.17, 15) is 4.39 Å². The second-order valence-electron chi connectivity index (χ2n) is 4.23. The topological polar surface area (TPSA) is 42.7 Å². The number of hydrogen-bond acceptors (Lipinski definition) is 3. The molecule has 1 N–H and O–H groups in total. The van der Waals surface area contributed by atoms with Crippen LogP contribution in [-0.4, -0.2) is 27.9 Å². The van der Waals surface area contributed by atoms with Crippen molar-refractivity contribution in [1.29, 1.82) is 0 Å². The van der Waals surface area contributed by atoms with Crippen LogP contribution in [0.5, 0.6) is 0 Å². The van der Waals surface area contributed by atoms with Crippen LogP contribution in [0.1, 0.15) is 18.2 Å². The summed E-state index contributed by atoms with van der Waals surface area (Å²) in [5, 5.41) is 11.4. The Morgan fingerprint density at radius 2 is 2.35 bits per heavy atom. The minimum Gasteiger partial charge on any atom is -0.316 e. The van der Waals surface area contributed by atoms with Crippen molar-refractivity contribution in [3.05, 3.63) is 42.2 Å². The van der Waals surface area contributed by atoms with Gasteiger partial charge in [0.05, 0.1) is 5.69 Å². The van der Waals surface area contributed by atoms with Gasteiger partial charge in [-0.2, -0.15) is 0 Å². The van der Waals surface area contributed by atoms with Crippen molar-refractivity contribution in [2.45, 2.75) is 12.3 Å². The average Bonchev–Trinajstić information content (AvgIpc) is 3.00. The van der Waals surface area contributed by atoms with E-state index in [0.717, 1.165) is 31.0 Å². The molecule has 1 atom stereocenters. The van der Waals surface area contributed by atoms with E-state index < -0.39 is 0 Å².